The van der Waals surface area contributed by atoms with E-state index in [-0.39, 0.29) is 11.8 Å². The lowest BCUT2D eigenvalue weighted by Crippen LogP contribution is -2.28. The second kappa shape index (κ2) is 5.48. The molecule has 2 rings (SSSR count). The van der Waals surface area contributed by atoms with Crippen molar-refractivity contribution in [2.45, 2.75) is 26.2 Å². The van der Waals surface area contributed by atoms with Crippen LogP contribution in [0.5, 0.6) is 0 Å². The van der Waals surface area contributed by atoms with E-state index >= 15 is 0 Å². The molecule has 0 aliphatic heterocycles. The number of carbonyl (C=O) groups excluding carboxylic acids is 1. The number of hydrogen-bond acceptors (Lipinski definition) is 4. The predicted molar refractivity (Wildman–Crippen MR) is 67.4 cm³/mol. The highest BCUT2D eigenvalue weighted by atomic mass is 32.1. The molecule has 0 aromatic carbocycles. The van der Waals surface area contributed by atoms with Gasteiger partial charge in [0.1, 0.15) is 0 Å². The van der Waals surface area contributed by atoms with E-state index in [0.717, 1.165) is 17.1 Å². The Labute approximate surface area is 109 Å². The van der Waals surface area contributed by atoms with E-state index in [4.69, 9.17) is 5.11 Å². The van der Waals surface area contributed by atoms with Crippen LogP contribution in [0.4, 0.5) is 0 Å². The molecule has 1 heterocycles. The Morgan fingerprint density at radius 2 is 2.33 bits per heavy atom. The van der Waals surface area contributed by atoms with Crippen molar-refractivity contribution in [2.75, 3.05) is 6.54 Å². The number of aliphatic carboxylic acids is 1. The average molecular weight is 268 g/mol. The Morgan fingerprint density at radius 1 is 1.56 bits per heavy atom. The average Bonchev–Trinajstić information content (AvgIpc) is 3.03. The molecule has 1 aromatic heterocycles. The minimum absolute atomic E-state index is 0.145. The van der Waals surface area contributed by atoms with Crippen LogP contribution in [0.1, 0.15) is 24.0 Å². The van der Waals surface area contributed by atoms with E-state index in [2.05, 4.69) is 17.2 Å². The number of rotatable bonds is 6. The van der Waals surface area contributed by atoms with E-state index in [1.807, 2.05) is 5.38 Å². The van der Waals surface area contributed by atoms with Gasteiger partial charge < -0.3 is 10.4 Å². The van der Waals surface area contributed by atoms with Crippen molar-refractivity contribution < 1.29 is 14.7 Å². The molecule has 1 saturated carbocycles. The van der Waals surface area contributed by atoms with Gasteiger partial charge in [0.25, 0.3) is 0 Å². The number of nitrogens with one attached hydrogen (secondary N) is 1. The van der Waals surface area contributed by atoms with Crippen molar-refractivity contribution in [2.24, 2.45) is 11.8 Å². The Morgan fingerprint density at radius 3 is 2.89 bits per heavy atom. The molecule has 2 atom stereocenters. The highest BCUT2D eigenvalue weighted by molar-refractivity contribution is 7.09. The Hall–Kier alpha value is -1.43. The maximum absolute atomic E-state index is 11.6. The fourth-order valence-corrected chi connectivity index (χ4v) is 2.61. The van der Waals surface area contributed by atoms with Crippen LogP contribution in [0, 0.1) is 11.8 Å². The van der Waals surface area contributed by atoms with Gasteiger partial charge in [0.15, 0.2) is 0 Å². The minimum Gasteiger partial charge on any atom is -0.481 e. The summed E-state index contributed by atoms with van der Waals surface area (Å²) in [4.78, 5) is 26.6. The summed E-state index contributed by atoms with van der Waals surface area (Å²) in [6.45, 7) is 2.58. The molecule has 98 valence electrons. The van der Waals surface area contributed by atoms with Gasteiger partial charge in [-0.1, -0.05) is 6.92 Å². The van der Waals surface area contributed by atoms with Gasteiger partial charge in [0.05, 0.1) is 22.5 Å². The Bertz CT molecular complexity index is 458. The number of aromatic nitrogens is 1. The van der Waals surface area contributed by atoms with Gasteiger partial charge >= 0.3 is 5.97 Å². The van der Waals surface area contributed by atoms with E-state index in [0.29, 0.717) is 19.4 Å². The van der Waals surface area contributed by atoms with Crippen molar-refractivity contribution in [1.82, 2.24) is 10.3 Å². The number of hydrogen-bond donors (Lipinski definition) is 2. The number of nitrogens with zero attached hydrogens (tertiary/aromatic N) is 1. The van der Waals surface area contributed by atoms with Crippen LogP contribution in [-0.2, 0) is 22.4 Å². The first-order valence-electron chi connectivity index (χ1n) is 6.05. The molecule has 1 aromatic rings. The summed E-state index contributed by atoms with van der Waals surface area (Å²) in [6, 6.07) is 0. The minimum atomic E-state index is -0.873. The molecule has 2 unspecified atom stereocenters. The third kappa shape index (κ3) is 3.07. The molecule has 18 heavy (non-hydrogen) atoms. The van der Waals surface area contributed by atoms with Gasteiger partial charge in [-0.2, -0.15) is 0 Å². The molecule has 2 N–H and O–H groups in total. The molecule has 5 nitrogen and oxygen atoms in total. The molecule has 0 saturated heterocycles. The zero-order valence-electron chi connectivity index (χ0n) is 10.2. The number of carbonyl (C=O) groups is 2. The maximum atomic E-state index is 11.6. The van der Waals surface area contributed by atoms with Crippen LogP contribution in [0.3, 0.4) is 0 Å². The van der Waals surface area contributed by atoms with Gasteiger partial charge in [0.2, 0.25) is 5.91 Å². The zero-order valence-corrected chi connectivity index (χ0v) is 11.0. The lowest BCUT2D eigenvalue weighted by atomic mass is 10.3. The smallest absolute Gasteiger partial charge is 0.307 e. The van der Waals surface area contributed by atoms with E-state index < -0.39 is 11.9 Å². The third-order valence-corrected chi connectivity index (χ3v) is 4.07. The molecule has 1 amide bonds. The summed E-state index contributed by atoms with van der Waals surface area (Å²) in [7, 11) is 0. The largest absolute Gasteiger partial charge is 0.481 e. The first-order chi connectivity index (χ1) is 8.61. The van der Waals surface area contributed by atoms with Crippen LogP contribution >= 0.6 is 11.3 Å². The number of aryl methyl sites for hydroxylation is 1. The molecular formula is C12H16N2O3S. The topological polar surface area (TPSA) is 79.3 Å². The van der Waals surface area contributed by atoms with Gasteiger partial charge in [-0.25, -0.2) is 4.98 Å². The van der Waals surface area contributed by atoms with Crippen LogP contribution in [0.15, 0.2) is 5.38 Å². The fourth-order valence-electron chi connectivity index (χ4n) is 1.83. The normalized spacial score (nSPS) is 21.6. The summed E-state index contributed by atoms with van der Waals surface area (Å²) in [5.41, 5.74) is 0.989. The Kier molecular flexibility index (Phi) is 3.96. The van der Waals surface area contributed by atoms with E-state index in [1.165, 1.54) is 0 Å². The van der Waals surface area contributed by atoms with Gasteiger partial charge in [-0.05, 0) is 12.8 Å². The molecule has 0 bridgehead atoms. The van der Waals surface area contributed by atoms with Crippen LogP contribution in [-0.4, -0.2) is 28.5 Å². The molecule has 1 aliphatic rings. The number of amides is 1. The zero-order chi connectivity index (χ0) is 13.1. The van der Waals surface area contributed by atoms with Gasteiger partial charge in [-0.15, -0.1) is 11.3 Å². The SMILES string of the molecule is CCc1nc(CCNC(=O)C2CC2C(=O)O)cs1. The van der Waals surface area contributed by atoms with E-state index in [9.17, 15) is 9.59 Å². The van der Waals surface area contributed by atoms with Crippen molar-refractivity contribution in [1.29, 1.82) is 0 Å². The molecular weight excluding hydrogens is 252 g/mol. The van der Waals surface area contributed by atoms with Crippen molar-refractivity contribution in [3.63, 3.8) is 0 Å². The summed E-state index contributed by atoms with van der Waals surface area (Å²) in [5, 5.41) is 14.6. The second-order valence-corrected chi connectivity index (χ2v) is 5.36. The van der Waals surface area contributed by atoms with Gasteiger partial charge in [-0.3, -0.25) is 9.59 Å². The van der Waals surface area contributed by atoms with Crippen LogP contribution < -0.4 is 5.32 Å². The first-order valence-corrected chi connectivity index (χ1v) is 6.93. The number of thiazole rings is 1. The molecule has 0 spiro atoms. The van der Waals surface area contributed by atoms with Crippen molar-refractivity contribution >= 4 is 23.2 Å². The molecule has 1 fully saturated rings. The second-order valence-electron chi connectivity index (χ2n) is 4.41. The highest BCUT2D eigenvalue weighted by Gasteiger charge is 2.48. The summed E-state index contributed by atoms with van der Waals surface area (Å²) < 4.78 is 0. The van der Waals surface area contributed by atoms with Crippen LogP contribution in [0.2, 0.25) is 0 Å². The third-order valence-electron chi connectivity index (χ3n) is 3.03. The lowest BCUT2D eigenvalue weighted by Gasteiger charge is -2.02. The monoisotopic (exact) mass is 268 g/mol. The maximum Gasteiger partial charge on any atom is 0.307 e. The quantitative estimate of drug-likeness (QED) is 0.809. The summed E-state index contributed by atoms with van der Waals surface area (Å²) >= 11 is 1.63. The number of carboxylic acids is 1. The first kappa shape index (κ1) is 13.0. The fraction of sp³-hybridized carbons (Fsp3) is 0.583. The lowest BCUT2D eigenvalue weighted by molar-refractivity contribution is -0.140. The van der Waals surface area contributed by atoms with Crippen molar-refractivity contribution in [3.8, 4) is 0 Å². The molecule has 6 heteroatoms. The van der Waals surface area contributed by atoms with Crippen LogP contribution in [0.25, 0.3) is 0 Å². The predicted octanol–water partition coefficient (Wildman–Crippen LogP) is 1.08. The molecule has 0 radical (unpaired) electrons. The Balaban J connectivity index is 1.69. The summed E-state index contributed by atoms with van der Waals surface area (Å²) in [6.07, 6.45) is 2.10. The summed E-state index contributed by atoms with van der Waals surface area (Å²) in [5.74, 6) is -1.82. The molecule has 1 aliphatic carbocycles. The van der Waals surface area contributed by atoms with Gasteiger partial charge in [0, 0.05) is 18.3 Å². The number of carboxylic acid groups (broad SMARTS) is 1. The van der Waals surface area contributed by atoms with E-state index in [1.54, 1.807) is 11.3 Å². The standard InChI is InChI=1S/C12H16N2O3S/c1-2-10-14-7(6-18-10)3-4-13-11(15)8-5-9(8)12(16)17/h6,8-9H,2-5H2,1H3,(H,13,15)(H,16,17). The van der Waals surface area contributed by atoms with Crippen molar-refractivity contribution in [3.05, 3.63) is 16.1 Å². The highest BCUT2D eigenvalue weighted by Crippen LogP contribution is 2.38.